The Labute approximate surface area is 130 Å². The first-order valence-corrected chi connectivity index (χ1v) is 7.14. The molecule has 0 fully saturated rings. The quantitative estimate of drug-likeness (QED) is 0.937. The van der Waals surface area contributed by atoms with Crippen molar-refractivity contribution in [1.82, 2.24) is 14.8 Å². The lowest BCUT2D eigenvalue weighted by molar-refractivity contribution is -0.127. The van der Waals surface area contributed by atoms with E-state index in [1.54, 1.807) is 14.1 Å². The summed E-state index contributed by atoms with van der Waals surface area (Å²) in [7, 11) is 3.32. The van der Waals surface area contributed by atoms with Crippen molar-refractivity contribution in [2.45, 2.75) is 13.8 Å². The molecule has 0 radical (unpaired) electrons. The van der Waals surface area contributed by atoms with E-state index in [0.717, 1.165) is 17.1 Å². The van der Waals surface area contributed by atoms with Gasteiger partial charge in [-0.15, -0.1) is 0 Å². The number of carbonyl (C=O) groups is 2. The highest BCUT2D eigenvalue weighted by Gasteiger charge is 2.17. The second-order valence-corrected chi connectivity index (χ2v) is 5.43. The number of aryl methyl sites for hydroxylation is 1. The number of hydrogen-bond donors (Lipinski definition) is 1. The minimum absolute atomic E-state index is 0.000831. The minimum Gasteiger partial charge on any atom is -0.347 e. The number of likely N-dealkylation sites (N-methyl/N-ethyl adjacent to an activating group) is 1. The Morgan fingerprint density at radius 1 is 1.14 bits per heavy atom. The molecule has 0 atom stereocenters. The van der Waals surface area contributed by atoms with E-state index in [0.29, 0.717) is 5.56 Å². The van der Waals surface area contributed by atoms with Gasteiger partial charge in [-0.05, 0) is 32.0 Å². The molecule has 0 aliphatic heterocycles. The van der Waals surface area contributed by atoms with Crippen LogP contribution in [0.3, 0.4) is 0 Å². The number of rotatable bonds is 4. The van der Waals surface area contributed by atoms with Crippen LogP contribution in [-0.2, 0) is 4.79 Å². The van der Waals surface area contributed by atoms with Gasteiger partial charge >= 0.3 is 0 Å². The van der Waals surface area contributed by atoms with Gasteiger partial charge in [0.1, 0.15) is 0 Å². The molecule has 0 saturated heterocycles. The van der Waals surface area contributed by atoms with E-state index in [-0.39, 0.29) is 18.4 Å². The number of nitrogens with one attached hydrogen (secondary N) is 1. The summed E-state index contributed by atoms with van der Waals surface area (Å²) < 4.78 is 2.03. The fourth-order valence-electron chi connectivity index (χ4n) is 2.38. The summed E-state index contributed by atoms with van der Waals surface area (Å²) in [5.74, 6) is -0.365. The molecule has 0 saturated carbocycles. The third-order valence-electron chi connectivity index (χ3n) is 3.59. The Morgan fingerprint density at radius 3 is 2.36 bits per heavy atom. The van der Waals surface area contributed by atoms with Crippen LogP contribution in [0.5, 0.6) is 0 Å². The van der Waals surface area contributed by atoms with Crippen LogP contribution in [0.1, 0.15) is 21.7 Å². The number of aromatic nitrogens is 1. The minimum atomic E-state index is -0.231. The highest BCUT2D eigenvalue weighted by molar-refractivity contribution is 5.97. The maximum Gasteiger partial charge on any atom is 0.253 e. The molecule has 116 valence electrons. The normalized spacial score (nSPS) is 10.4. The molecule has 22 heavy (non-hydrogen) atoms. The number of amides is 2. The fourth-order valence-corrected chi connectivity index (χ4v) is 2.38. The van der Waals surface area contributed by atoms with Gasteiger partial charge in [-0.25, -0.2) is 0 Å². The molecule has 1 aromatic heterocycles. The first kappa shape index (κ1) is 15.8. The molecular weight excluding hydrogens is 278 g/mol. The van der Waals surface area contributed by atoms with Crippen LogP contribution in [0.4, 0.5) is 0 Å². The predicted molar refractivity (Wildman–Crippen MR) is 86.3 cm³/mol. The molecule has 0 aliphatic rings. The van der Waals surface area contributed by atoms with Crippen molar-refractivity contribution in [2.24, 2.45) is 0 Å². The van der Waals surface area contributed by atoms with Gasteiger partial charge in [-0.2, -0.15) is 0 Å². The summed E-state index contributed by atoms with van der Waals surface area (Å²) in [6, 6.07) is 11.7. The Balaban J connectivity index is 2.23. The Kier molecular flexibility index (Phi) is 4.65. The Morgan fingerprint density at radius 2 is 1.77 bits per heavy atom. The van der Waals surface area contributed by atoms with Crippen LogP contribution in [0.2, 0.25) is 0 Å². The smallest absolute Gasteiger partial charge is 0.253 e. The van der Waals surface area contributed by atoms with E-state index in [1.165, 1.54) is 4.90 Å². The van der Waals surface area contributed by atoms with Gasteiger partial charge in [-0.1, -0.05) is 18.2 Å². The van der Waals surface area contributed by atoms with Crippen LogP contribution in [-0.4, -0.2) is 41.9 Å². The summed E-state index contributed by atoms with van der Waals surface area (Å²) in [5.41, 5.74) is 3.44. The lowest BCUT2D eigenvalue weighted by Gasteiger charge is -2.11. The number of nitrogens with zero attached hydrogens (tertiary/aromatic N) is 2. The summed E-state index contributed by atoms with van der Waals surface area (Å²) in [6.45, 7) is 3.87. The van der Waals surface area contributed by atoms with E-state index in [4.69, 9.17) is 0 Å². The predicted octanol–water partition coefficient (Wildman–Crippen LogP) is 1.91. The number of benzene rings is 1. The van der Waals surface area contributed by atoms with Gasteiger partial charge < -0.3 is 14.8 Å². The van der Waals surface area contributed by atoms with Crippen LogP contribution < -0.4 is 5.32 Å². The lowest BCUT2D eigenvalue weighted by atomic mass is 10.2. The standard InChI is InChI=1S/C17H21N3O2/c1-12-10-15(17(22)18-11-16(21)19(3)4)13(2)20(12)14-8-6-5-7-9-14/h5-10H,11H2,1-4H3,(H,18,22). The third kappa shape index (κ3) is 3.19. The highest BCUT2D eigenvalue weighted by Crippen LogP contribution is 2.20. The Hall–Kier alpha value is -2.56. The zero-order valence-electron chi connectivity index (χ0n) is 13.4. The van der Waals surface area contributed by atoms with Gasteiger partial charge in [0.25, 0.3) is 5.91 Å². The monoisotopic (exact) mass is 299 g/mol. The largest absolute Gasteiger partial charge is 0.347 e. The summed E-state index contributed by atoms with van der Waals surface area (Å²) in [5, 5.41) is 2.67. The zero-order valence-corrected chi connectivity index (χ0v) is 13.4. The van der Waals surface area contributed by atoms with Gasteiger partial charge in [-0.3, -0.25) is 9.59 Å². The lowest BCUT2D eigenvalue weighted by Crippen LogP contribution is -2.36. The molecule has 5 nitrogen and oxygen atoms in total. The molecular formula is C17H21N3O2. The summed E-state index contributed by atoms with van der Waals surface area (Å²) in [4.78, 5) is 25.3. The number of carbonyl (C=O) groups excluding carboxylic acids is 2. The third-order valence-corrected chi connectivity index (χ3v) is 3.59. The van der Waals surface area contributed by atoms with E-state index in [9.17, 15) is 9.59 Å². The topological polar surface area (TPSA) is 54.3 Å². The summed E-state index contributed by atoms with van der Waals surface area (Å²) in [6.07, 6.45) is 0. The average Bonchev–Trinajstić information content (AvgIpc) is 2.80. The zero-order chi connectivity index (χ0) is 16.3. The van der Waals surface area contributed by atoms with E-state index in [1.807, 2.05) is 54.8 Å². The molecule has 2 amide bonds. The molecule has 1 N–H and O–H groups in total. The molecule has 2 rings (SSSR count). The van der Waals surface area contributed by atoms with Crippen molar-refractivity contribution in [1.29, 1.82) is 0 Å². The molecule has 5 heteroatoms. The molecule has 0 bridgehead atoms. The maximum atomic E-state index is 12.3. The van der Waals surface area contributed by atoms with Gasteiger partial charge in [0, 0.05) is 31.2 Å². The molecule has 0 unspecified atom stereocenters. The van der Waals surface area contributed by atoms with Crippen LogP contribution in [0, 0.1) is 13.8 Å². The SMILES string of the molecule is Cc1cc(C(=O)NCC(=O)N(C)C)c(C)n1-c1ccccc1. The molecule has 1 aromatic carbocycles. The van der Waals surface area contributed by atoms with Crippen LogP contribution in [0.25, 0.3) is 5.69 Å². The van der Waals surface area contributed by atoms with E-state index >= 15 is 0 Å². The molecule has 0 aliphatic carbocycles. The summed E-state index contributed by atoms with van der Waals surface area (Å²) >= 11 is 0. The van der Waals surface area contributed by atoms with Gasteiger partial charge in [0.2, 0.25) is 5.91 Å². The molecule has 2 aromatic rings. The maximum absolute atomic E-state index is 12.3. The van der Waals surface area contributed by atoms with Crippen molar-refractivity contribution >= 4 is 11.8 Å². The van der Waals surface area contributed by atoms with Crippen LogP contribution >= 0.6 is 0 Å². The number of hydrogen-bond acceptors (Lipinski definition) is 2. The molecule has 0 spiro atoms. The molecule has 1 heterocycles. The first-order chi connectivity index (χ1) is 10.4. The van der Waals surface area contributed by atoms with Crippen LogP contribution in [0.15, 0.2) is 36.4 Å². The fraction of sp³-hybridized carbons (Fsp3) is 0.294. The van der Waals surface area contributed by atoms with Crippen molar-refractivity contribution < 1.29 is 9.59 Å². The van der Waals surface area contributed by atoms with E-state index < -0.39 is 0 Å². The second-order valence-electron chi connectivity index (χ2n) is 5.43. The van der Waals surface area contributed by atoms with Crippen molar-refractivity contribution in [3.8, 4) is 5.69 Å². The average molecular weight is 299 g/mol. The number of para-hydroxylation sites is 1. The van der Waals surface area contributed by atoms with Crippen molar-refractivity contribution in [3.05, 3.63) is 53.3 Å². The second kappa shape index (κ2) is 6.47. The van der Waals surface area contributed by atoms with Gasteiger partial charge in [0.05, 0.1) is 12.1 Å². The van der Waals surface area contributed by atoms with Crippen molar-refractivity contribution in [3.63, 3.8) is 0 Å². The van der Waals surface area contributed by atoms with Gasteiger partial charge in [0.15, 0.2) is 0 Å². The first-order valence-electron chi connectivity index (χ1n) is 7.14. The van der Waals surface area contributed by atoms with Crippen molar-refractivity contribution in [2.75, 3.05) is 20.6 Å². The van der Waals surface area contributed by atoms with E-state index in [2.05, 4.69) is 5.32 Å². The Bertz CT molecular complexity index is 687. The highest BCUT2D eigenvalue weighted by atomic mass is 16.2.